The lowest BCUT2D eigenvalue weighted by atomic mass is 10.0. The molecule has 5 nitrogen and oxygen atoms in total. The van der Waals surface area contributed by atoms with Gasteiger partial charge in [0.1, 0.15) is 23.8 Å². The van der Waals surface area contributed by atoms with E-state index < -0.39 is 17.5 Å². The fourth-order valence-corrected chi connectivity index (χ4v) is 3.60. The van der Waals surface area contributed by atoms with Crippen LogP contribution in [0.1, 0.15) is 23.2 Å². The molecule has 0 bridgehead atoms. The average molecular weight is 403 g/mol. The molecule has 2 heterocycles. The van der Waals surface area contributed by atoms with Gasteiger partial charge in [-0.15, -0.1) is 0 Å². The predicted molar refractivity (Wildman–Crippen MR) is 104 cm³/mol. The fraction of sp³-hybridized carbons (Fsp3) is 0.250. The van der Waals surface area contributed by atoms with Crippen LogP contribution in [0.25, 0.3) is 10.9 Å². The van der Waals surface area contributed by atoms with Gasteiger partial charge in [-0.1, -0.05) is 11.6 Å². The molecule has 0 saturated carbocycles. The van der Waals surface area contributed by atoms with Crippen molar-refractivity contribution in [3.63, 3.8) is 0 Å². The van der Waals surface area contributed by atoms with Gasteiger partial charge in [0.05, 0.1) is 11.1 Å². The lowest BCUT2D eigenvalue weighted by molar-refractivity contribution is 0.0926. The van der Waals surface area contributed by atoms with Crippen molar-refractivity contribution in [3.05, 3.63) is 64.9 Å². The molecule has 1 aliphatic heterocycles. The fourth-order valence-electron chi connectivity index (χ4n) is 3.44. The first-order valence-corrected chi connectivity index (χ1v) is 9.30. The summed E-state index contributed by atoms with van der Waals surface area (Å²) in [6.07, 6.45) is 2.85. The van der Waals surface area contributed by atoms with Gasteiger partial charge < -0.3 is 10.2 Å². The SMILES string of the molecule is O=C(NC1CCN(c2ncnc3cc(Cl)ccc23)CC1)c1cc(F)ccc1F. The Bertz CT molecular complexity index is 1040. The number of halogens is 3. The number of nitrogens with zero attached hydrogens (tertiary/aromatic N) is 3. The molecular formula is C20H17ClF2N4O. The van der Waals surface area contributed by atoms with Gasteiger partial charge in [-0.05, 0) is 49.2 Å². The second-order valence-corrected chi connectivity index (χ2v) is 7.15. The number of fused-ring (bicyclic) bond motifs is 1. The molecule has 1 N–H and O–H groups in total. The van der Waals surface area contributed by atoms with Crippen molar-refractivity contribution in [3.8, 4) is 0 Å². The summed E-state index contributed by atoms with van der Waals surface area (Å²) in [5.41, 5.74) is 0.496. The highest BCUT2D eigenvalue weighted by Crippen LogP contribution is 2.27. The number of benzene rings is 2. The third-order valence-corrected chi connectivity index (χ3v) is 5.12. The number of aromatic nitrogens is 2. The zero-order valence-corrected chi connectivity index (χ0v) is 15.6. The topological polar surface area (TPSA) is 58.1 Å². The van der Waals surface area contributed by atoms with Crippen LogP contribution in [-0.4, -0.2) is 35.0 Å². The molecule has 0 spiro atoms. The third-order valence-electron chi connectivity index (χ3n) is 4.88. The smallest absolute Gasteiger partial charge is 0.254 e. The molecule has 0 aliphatic carbocycles. The number of nitrogens with one attached hydrogen (secondary N) is 1. The minimum atomic E-state index is -0.734. The molecule has 4 rings (SSSR count). The maximum Gasteiger partial charge on any atom is 0.254 e. The highest BCUT2D eigenvalue weighted by Gasteiger charge is 2.24. The summed E-state index contributed by atoms with van der Waals surface area (Å²) in [5, 5.41) is 4.32. The number of anilines is 1. The number of piperidine rings is 1. The van der Waals surface area contributed by atoms with Crippen LogP contribution in [0.5, 0.6) is 0 Å². The molecule has 2 aromatic carbocycles. The Balaban J connectivity index is 1.44. The van der Waals surface area contributed by atoms with Gasteiger partial charge in [0.2, 0.25) is 0 Å². The lowest BCUT2D eigenvalue weighted by Gasteiger charge is -2.33. The van der Waals surface area contributed by atoms with Crippen molar-refractivity contribution in [1.29, 1.82) is 0 Å². The van der Waals surface area contributed by atoms with Crippen molar-refractivity contribution in [2.75, 3.05) is 18.0 Å². The minimum absolute atomic E-state index is 0.117. The van der Waals surface area contributed by atoms with E-state index in [1.165, 1.54) is 6.33 Å². The van der Waals surface area contributed by atoms with E-state index >= 15 is 0 Å². The molecular weight excluding hydrogens is 386 g/mol. The number of rotatable bonds is 3. The molecule has 0 unspecified atom stereocenters. The summed E-state index contributed by atoms with van der Waals surface area (Å²) in [4.78, 5) is 23.1. The zero-order valence-electron chi connectivity index (χ0n) is 14.8. The third kappa shape index (κ3) is 3.75. The van der Waals surface area contributed by atoms with Gasteiger partial charge in [0.15, 0.2) is 0 Å². The first-order valence-electron chi connectivity index (χ1n) is 8.92. The summed E-state index contributed by atoms with van der Waals surface area (Å²) >= 11 is 6.03. The zero-order chi connectivity index (χ0) is 19.7. The Kier molecular flexibility index (Phi) is 5.09. The van der Waals surface area contributed by atoms with Crippen molar-refractivity contribution in [1.82, 2.24) is 15.3 Å². The first kappa shape index (κ1) is 18.6. The number of amides is 1. The van der Waals surface area contributed by atoms with Gasteiger partial charge in [-0.25, -0.2) is 18.7 Å². The standard InChI is InChI=1S/C20H17ClF2N4O/c21-12-1-3-15-18(9-12)24-11-25-19(15)27-7-5-14(6-8-27)26-20(28)16-10-13(22)2-4-17(16)23/h1-4,9-11,14H,5-8H2,(H,26,28). The van der Waals surface area contributed by atoms with Crippen LogP contribution < -0.4 is 10.2 Å². The number of carbonyl (C=O) groups excluding carboxylic acids is 1. The monoisotopic (exact) mass is 402 g/mol. The molecule has 1 aromatic heterocycles. The van der Waals surface area contributed by atoms with E-state index in [1.54, 1.807) is 12.1 Å². The molecule has 28 heavy (non-hydrogen) atoms. The molecule has 1 fully saturated rings. The van der Waals surface area contributed by atoms with E-state index in [2.05, 4.69) is 20.2 Å². The van der Waals surface area contributed by atoms with Gasteiger partial charge in [-0.3, -0.25) is 4.79 Å². The van der Waals surface area contributed by atoms with Crippen LogP contribution >= 0.6 is 11.6 Å². The number of hydrogen-bond acceptors (Lipinski definition) is 4. The second kappa shape index (κ2) is 7.67. The van der Waals surface area contributed by atoms with Crippen molar-refractivity contribution >= 4 is 34.2 Å². The largest absolute Gasteiger partial charge is 0.356 e. The molecule has 3 aromatic rings. The molecule has 1 aliphatic rings. The van der Waals surface area contributed by atoms with Crippen LogP contribution in [0.2, 0.25) is 5.02 Å². The van der Waals surface area contributed by atoms with E-state index in [1.807, 2.05) is 6.07 Å². The van der Waals surface area contributed by atoms with E-state index in [-0.39, 0.29) is 11.6 Å². The quantitative estimate of drug-likeness (QED) is 0.720. The average Bonchev–Trinajstić information content (AvgIpc) is 2.69. The Morgan fingerprint density at radius 2 is 1.89 bits per heavy atom. The Hall–Kier alpha value is -2.80. The molecule has 0 radical (unpaired) electrons. The summed E-state index contributed by atoms with van der Waals surface area (Å²) < 4.78 is 27.1. The van der Waals surface area contributed by atoms with Crippen LogP contribution in [-0.2, 0) is 0 Å². The van der Waals surface area contributed by atoms with Crippen LogP contribution in [0.3, 0.4) is 0 Å². The summed E-state index contributed by atoms with van der Waals surface area (Å²) in [6.45, 7) is 1.34. The van der Waals surface area contributed by atoms with Gasteiger partial charge in [0.25, 0.3) is 5.91 Å². The maximum atomic E-state index is 13.8. The highest BCUT2D eigenvalue weighted by atomic mass is 35.5. The summed E-state index contributed by atoms with van der Waals surface area (Å²) in [6, 6.07) is 8.24. The summed E-state index contributed by atoms with van der Waals surface area (Å²) in [5.74, 6) is -1.15. The minimum Gasteiger partial charge on any atom is -0.356 e. The van der Waals surface area contributed by atoms with E-state index in [0.717, 1.165) is 34.9 Å². The molecule has 8 heteroatoms. The molecule has 1 saturated heterocycles. The van der Waals surface area contributed by atoms with Crippen molar-refractivity contribution in [2.24, 2.45) is 0 Å². The molecule has 1 amide bonds. The van der Waals surface area contributed by atoms with Gasteiger partial charge in [0, 0.05) is 29.5 Å². The molecule has 0 atom stereocenters. The van der Waals surface area contributed by atoms with Gasteiger partial charge in [-0.2, -0.15) is 0 Å². The predicted octanol–water partition coefficient (Wildman–Crippen LogP) is 3.96. The Labute approximate surface area is 165 Å². The Morgan fingerprint density at radius 3 is 2.68 bits per heavy atom. The van der Waals surface area contributed by atoms with E-state index in [4.69, 9.17) is 11.6 Å². The van der Waals surface area contributed by atoms with Crippen LogP contribution in [0.4, 0.5) is 14.6 Å². The molecule has 144 valence electrons. The number of hydrogen-bond donors (Lipinski definition) is 1. The normalized spacial score (nSPS) is 15.0. The second-order valence-electron chi connectivity index (χ2n) is 6.72. The van der Waals surface area contributed by atoms with E-state index in [9.17, 15) is 13.6 Å². The summed E-state index contributed by atoms with van der Waals surface area (Å²) in [7, 11) is 0. The van der Waals surface area contributed by atoms with Crippen LogP contribution in [0.15, 0.2) is 42.7 Å². The van der Waals surface area contributed by atoms with E-state index in [0.29, 0.717) is 31.0 Å². The van der Waals surface area contributed by atoms with Crippen molar-refractivity contribution in [2.45, 2.75) is 18.9 Å². The van der Waals surface area contributed by atoms with Crippen LogP contribution in [0, 0.1) is 11.6 Å². The van der Waals surface area contributed by atoms with Gasteiger partial charge >= 0.3 is 0 Å². The Morgan fingerprint density at radius 1 is 1.11 bits per heavy atom. The lowest BCUT2D eigenvalue weighted by Crippen LogP contribution is -2.45. The highest BCUT2D eigenvalue weighted by molar-refractivity contribution is 6.31. The van der Waals surface area contributed by atoms with Crippen molar-refractivity contribution < 1.29 is 13.6 Å². The maximum absolute atomic E-state index is 13.8. The first-order chi connectivity index (χ1) is 13.5. The number of carbonyl (C=O) groups is 1.